The van der Waals surface area contributed by atoms with Gasteiger partial charge in [-0.2, -0.15) is 5.10 Å². The van der Waals surface area contributed by atoms with Crippen LogP contribution >= 0.6 is 22.7 Å². The van der Waals surface area contributed by atoms with Gasteiger partial charge in [0.1, 0.15) is 0 Å². The van der Waals surface area contributed by atoms with Crippen molar-refractivity contribution in [3.8, 4) is 10.6 Å². The summed E-state index contributed by atoms with van der Waals surface area (Å²) in [7, 11) is 0. The van der Waals surface area contributed by atoms with E-state index in [1.54, 1.807) is 22.7 Å². The molecule has 4 aromatic rings. The van der Waals surface area contributed by atoms with Gasteiger partial charge in [-0.25, -0.2) is 4.98 Å². The van der Waals surface area contributed by atoms with Crippen molar-refractivity contribution < 1.29 is 4.79 Å². The number of benzene rings is 1. The summed E-state index contributed by atoms with van der Waals surface area (Å²) < 4.78 is 0. The van der Waals surface area contributed by atoms with Crippen molar-refractivity contribution in [2.24, 2.45) is 0 Å². The minimum atomic E-state index is -0.149. The second-order valence-corrected chi connectivity index (χ2v) is 7.87. The third kappa shape index (κ3) is 3.33. The van der Waals surface area contributed by atoms with E-state index >= 15 is 0 Å². The van der Waals surface area contributed by atoms with Crippen molar-refractivity contribution in [2.75, 3.05) is 6.54 Å². The fourth-order valence-corrected chi connectivity index (χ4v) is 4.30. The Hall–Kier alpha value is -2.51. The molecule has 0 atom stereocenters. The molecule has 0 radical (unpaired) electrons. The van der Waals surface area contributed by atoms with Crippen molar-refractivity contribution in [1.82, 2.24) is 20.5 Å². The average Bonchev–Trinajstić information content (AvgIpc) is 3.33. The number of thiazole rings is 1. The molecule has 2 N–H and O–H groups in total. The highest BCUT2D eigenvalue weighted by atomic mass is 32.1. The van der Waals surface area contributed by atoms with E-state index in [2.05, 4.69) is 38.0 Å². The molecule has 3 aromatic heterocycles. The molecule has 0 fully saturated rings. The highest BCUT2D eigenvalue weighted by Crippen LogP contribution is 2.29. The molecule has 0 bridgehead atoms. The first-order valence-corrected chi connectivity index (χ1v) is 9.63. The van der Waals surface area contributed by atoms with Crippen LogP contribution in [0.25, 0.3) is 21.5 Å². The van der Waals surface area contributed by atoms with Crippen molar-refractivity contribution in [1.29, 1.82) is 0 Å². The van der Waals surface area contributed by atoms with Crippen LogP contribution in [-0.4, -0.2) is 27.6 Å². The SMILES string of the molecule is Cc1nc(-c2ccc(CCNC(=O)c3n[nH]c4ccccc34)s2)cs1. The van der Waals surface area contributed by atoms with Crippen molar-refractivity contribution >= 4 is 39.5 Å². The normalized spacial score (nSPS) is 11.1. The molecule has 1 aromatic carbocycles. The Balaban J connectivity index is 1.38. The van der Waals surface area contributed by atoms with E-state index in [1.165, 1.54) is 9.75 Å². The lowest BCUT2D eigenvalue weighted by Crippen LogP contribution is -2.26. The molecule has 0 aliphatic carbocycles. The number of H-pyrrole nitrogens is 1. The first kappa shape index (κ1) is 16.0. The number of rotatable bonds is 5. The van der Waals surface area contributed by atoms with Crippen LogP contribution in [0.1, 0.15) is 20.4 Å². The van der Waals surface area contributed by atoms with E-state index < -0.39 is 0 Å². The lowest BCUT2D eigenvalue weighted by molar-refractivity contribution is 0.0951. The molecule has 25 heavy (non-hydrogen) atoms. The number of aryl methyl sites for hydroxylation is 1. The standard InChI is InChI=1S/C18H16N4OS2/c1-11-20-15(10-24-11)16-7-6-12(25-16)8-9-19-18(23)17-13-4-2-3-5-14(13)21-22-17/h2-7,10H,8-9H2,1H3,(H,19,23)(H,21,22). The number of carbonyl (C=O) groups excluding carboxylic acids is 1. The van der Waals surface area contributed by atoms with Crippen LogP contribution in [-0.2, 0) is 6.42 Å². The minimum Gasteiger partial charge on any atom is -0.350 e. The topological polar surface area (TPSA) is 70.7 Å². The monoisotopic (exact) mass is 368 g/mol. The molecule has 0 aliphatic rings. The quantitative estimate of drug-likeness (QED) is 0.559. The lowest BCUT2D eigenvalue weighted by atomic mass is 10.2. The number of hydrogen-bond acceptors (Lipinski definition) is 5. The minimum absolute atomic E-state index is 0.149. The van der Waals surface area contributed by atoms with E-state index in [-0.39, 0.29) is 5.91 Å². The van der Waals surface area contributed by atoms with Gasteiger partial charge >= 0.3 is 0 Å². The largest absolute Gasteiger partial charge is 0.350 e. The summed E-state index contributed by atoms with van der Waals surface area (Å²) in [5, 5.41) is 14.0. The number of thiophene rings is 1. The predicted octanol–water partition coefficient (Wildman–Crippen LogP) is 4.03. The number of hydrogen-bond donors (Lipinski definition) is 2. The Kier molecular flexibility index (Phi) is 4.33. The van der Waals surface area contributed by atoms with E-state index in [1.807, 2.05) is 31.2 Å². The number of fused-ring (bicyclic) bond motifs is 1. The maximum absolute atomic E-state index is 12.3. The van der Waals surface area contributed by atoms with Gasteiger partial charge in [-0.15, -0.1) is 22.7 Å². The summed E-state index contributed by atoms with van der Waals surface area (Å²) in [4.78, 5) is 19.3. The number of aromatic amines is 1. The first-order valence-electron chi connectivity index (χ1n) is 7.93. The van der Waals surface area contributed by atoms with Crippen LogP contribution in [0.15, 0.2) is 41.8 Å². The average molecular weight is 368 g/mol. The molecule has 4 rings (SSSR count). The van der Waals surface area contributed by atoms with Crippen LogP contribution in [0.4, 0.5) is 0 Å². The van der Waals surface area contributed by atoms with Gasteiger partial charge < -0.3 is 5.32 Å². The van der Waals surface area contributed by atoms with Crippen LogP contribution in [0.5, 0.6) is 0 Å². The molecular formula is C18H16N4OS2. The number of nitrogens with one attached hydrogen (secondary N) is 2. The van der Waals surface area contributed by atoms with Crippen LogP contribution in [0, 0.1) is 6.92 Å². The second kappa shape index (κ2) is 6.78. The molecule has 0 unspecified atom stereocenters. The number of aromatic nitrogens is 3. The summed E-state index contributed by atoms with van der Waals surface area (Å²) in [5.41, 5.74) is 2.35. The number of amides is 1. The Morgan fingerprint density at radius 1 is 1.24 bits per heavy atom. The maximum Gasteiger partial charge on any atom is 0.272 e. The third-order valence-corrected chi connectivity index (χ3v) is 5.82. The first-order chi connectivity index (χ1) is 12.2. The van der Waals surface area contributed by atoms with Gasteiger partial charge in [-0.1, -0.05) is 18.2 Å². The molecule has 1 amide bonds. The zero-order valence-corrected chi connectivity index (χ0v) is 15.2. The van der Waals surface area contributed by atoms with Crippen LogP contribution in [0.2, 0.25) is 0 Å². The predicted molar refractivity (Wildman–Crippen MR) is 102 cm³/mol. The van der Waals surface area contributed by atoms with Crippen molar-refractivity contribution in [3.63, 3.8) is 0 Å². The summed E-state index contributed by atoms with van der Waals surface area (Å²) >= 11 is 3.38. The Labute approximate surface area is 152 Å². The van der Waals surface area contributed by atoms with Gasteiger partial charge in [0, 0.05) is 22.2 Å². The van der Waals surface area contributed by atoms with E-state index in [0.717, 1.165) is 28.0 Å². The molecule has 7 heteroatoms. The van der Waals surface area contributed by atoms with E-state index in [4.69, 9.17) is 0 Å². The smallest absolute Gasteiger partial charge is 0.272 e. The van der Waals surface area contributed by atoms with E-state index in [9.17, 15) is 4.79 Å². The maximum atomic E-state index is 12.3. The van der Waals surface area contributed by atoms with Gasteiger partial charge in [0.25, 0.3) is 5.91 Å². The fourth-order valence-electron chi connectivity index (χ4n) is 2.65. The van der Waals surface area contributed by atoms with Gasteiger partial charge in [-0.3, -0.25) is 9.89 Å². The summed E-state index contributed by atoms with van der Waals surface area (Å²) in [6.45, 7) is 2.59. The number of nitrogens with zero attached hydrogens (tertiary/aromatic N) is 2. The molecule has 0 aliphatic heterocycles. The lowest BCUT2D eigenvalue weighted by Gasteiger charge is -2.02. The van der Waals surface area contributed by atoms with Crippen LogP contribution < -0.4 is 5.32 Å². The zero-order chi connectivity index (χ0) is 17.2. The fraction of sp³-hybridized carbons (Fsp3) is 0.167. The van der Waals surface area contributed by atoms with Gasteiger partial charge in [-0.05, 0) is 31.5 Å². The van der Waals surface area contributed by atoms with Gasteiger partial charge in [0.15, 0.2) is 5.69 Å². The summed E-state index contributed by atoms with van der Waals surface area (Å²) in [6, 6.07) is 11.8. The molecule has 5 nitrogen and oxygen atoms in total. The Morgan fingerprint density at radius 3 is 2.96 bits per heavy atom. The molecular weight excluding hydrogens is 352 g/mol. The van der Waals surface area contributed by atoms with E-state index in [0.29, 0.717) is 12.2 Å². The Morgan fingerprint density at radius 2 is 2.12 bits per heavy atom. The zero-order valence-electron chi connectivity index (χ0n) is 13.6. The highest BCUT2D eigenvalue weighted by molar-refractivity contribution is 7.16. The summed E-state index contributed by atoms with van der Waals surface area (Å²) in [5.74, 6) is -0.149. The number of para-hydroxylation sites is 1. The van der Waals surface area contributed by atoms with Crippen LogP contribution in [0.3, 0.4) is 0 Å². The third-order valence-electron chi connectivity index (χ3n) is 3.88. The van der Waals surface area contributed by atoms with Crippen molar-refractivity contribution in [3.05, 3.63) is 57.4 Å². The summed E-state index contributed by atoms with van der Waals surface area (Å²) in [6.07, 6.45) is 0.794. The highest BCUT2D eigenvalue weighted by Gasteiger charge is 2.13. The molecule has 0 spiro atoms. The molecule has 0 saturated carbocycles. The Bertz CT molecular complexity index is 1030. The molecule has 3 heterocycles. The molecule has 0 saturated heterocycles. The van der Waals surface area contributed by atoms with Crippen molar-refractivity contribution in [2.45, 2.75) is 13.3 Å². The van der Waals surface area contributed by atoms with Gasteiger partial charge in [0.2, 0.25) is 0 Å². The van der Waals surface area contributed by atoms with Gasteiger partial charge in [0.05, 0.1) is 21.1 Å². The second-order valence-electron chi connectivity index (χ2n) is 5.64. The number of carbonyl (C=O) groups is 1. The molecule has 126 valence electrons.